The number of aromatic nitrogens is 1. The van der Waals surface area contributed by atoms with E-state index >= 15 is 0 Å². The number of fused-ring (bicyclic) bond motifs is 1. The molecule has 1 aromatic heterocycles. The molecule has 0 saturated carbocycles. The Labute approximate surface area is 132 Å². The molecular weight excluding hydrogens is 304 g/mol. The van der Waals surface area contributed by atoms with Crippen molar-refractivity contribution in [3.8, 4) is 0 Å². The van der Waals surface area contributed by atoms with Crippen LogP contribution in [0.2, 0.25) is 5.15 Å². The minimum atomic E-state index is -0.746. The van der Waals surface area contributed by atoms with Gasteiger partial charge in [0.15, 0.2) is 0 Å². The first kappa shape index (κ1) is 14.8. The third-order valence-electron chi connectivity index (χ3n) is 4.16. The fourth-order valence-corrected chi connectivity index (χ4v) is 3.78. The van der Waals surface area contributed by atoms with E-state index < -0.39 is 10.8 Å². The van der Waals surface area contributed by atoms with E-state index in [0.29, 0.717) is 11.1 Å². The van der Waals surface area contributed by atoms with Gasteiger partial charge in [-0.1, -0.05) is 31.5 Å². The van der Waals surface area contributed by atoms with Gasteiger partial charge in [0.05, 0.1) is 5.25 Å². The molecule has 0 aliphatic carbocycles. The third kappa shape index (κ3) is 2.67. The monoisotopic (exact) mass is 322 g/mol. The van der Waals surface area contributed by atoms with Crippen LogP contribution in [0.1, 0.15) is 25.3 Å². The standard InChI is InChI=1S/C16H19ClN2OS/c1-10(2)12-4-5-15(19-8-11(9-19)21(3)20)14-7-18-16(17)6-13(12)14/h4-7,10-11H,8-9H2,1-3H3/t21-/m1/s1. The van der Waals surface area contributed by atoms with Gasteiger partial charge in [-0.25, -0.2) is 4.98 Å². The van der Waals surface area contributed by atoms with Crippen molar-refractivity contribution in [3.63, 3.8) is 0 Å². The van der Waals surface area contributed by atoms with Gasteiger partial charge in [0.25, 0.3) is 0 Å². The van der Waals surface area contributed by atoms with Crippen LogP contribution in [0, 0.1) is 0 Å². The Balaban J connectivity index is 2.05. The molecule has 0 amide bonds. The molecule has 0 bridgehead atoms. The van der Waals surface area contributed by atoms with E-state index in [0.717, 1.165) is 18.5 Å². The average Bonchev–Trinajstić information content (AvgIpc) is 2.35. The van der Waals surface area contributed by atoms with Gasteiger partial charge in [-0.2, -0.15) is 0 Å². The molecular formula is C16H19ClN2OS. The lowest BCUT2D eigenvalue weighted by Crippen LogP contribution is -2.52. The first-order valence-corrected chi connectivity index (χ1v) is 9.12. The highest BCUT2D eigenvalue weighted by Gasteiger charge is 2.30. The Kier molecular flexibility index (Phi) is 3.93. The van der Waals surface area contributed by atoms with Gasteiger partial charge in [0, 0.05) is 47.4 Å². The number of benzene rings is 1. The molecule has 2 aromatic rings. The summed E-state index contributed by atoms with van der Waals surface area (Å²) in [4.78, 5) is 6.51. The molecule has 1 aliphatic heterocycles. The molecule has 1 fully saturated rings. The molecule has 0 spiro atoms. The number of anilines is 1. The lowest BCUT2D eigenvalue weighted by Gasteiger charge is -2.40. The topological polar surface area (TPSA) is 33.2 Å². The molecule has 2 heterocycles. The van der Waals surface area contributed by atoms with Crippen molar-refractivity contribution in [2.75, 3.05) is 24.2 Å². The number of nitrogens with zero attached hydrogens (tertiary/aromatic N) is 2. The Bertz CT molecular complexity index is 711. The summed E-state index contributed by atoms with van der Waals surface area (Å²) in [5, 5.41) is 3.11. The summed E-state index contributed by atoms with van der Waals surface area (Å²) in [5.74, 6) is 0.437. The molecule has 112 valence electrons. The molecule has 5 heteroatoms. The van der Waals surface area contributed by atoms with Gasteiger partial charge in [-0.15, -0.1) is 0 Å². The SMILES string of the molecule is CC(C)c1ccc(N2CC([S@@](C)=O)C2)c2cnc(Cl)cc12. The smallest absolute Gasteiger partial charge is 0.129 e. The van der Waals surface area contributed by atoms with Crippen LogP contribution in [0.15, 0.2) is 24.4 Å². The van der Waals surface area contributed by atoms with Gasteiger partial charge < -0.3 is 4.90 Å². The van der Waals surface area contributed by atoms with E-state index in [1.165, 1.54) is 16.6 Å². The average molecular weight is 323 g/mol. The first-order valence-electron chi connectivity index (χ1n) is 7.12. The van der Waals surface area contributed by atoms with Crippen LogP contribution in [0.4, 0.5) is 5.69 Å². The molecule has 1 aromatic carbocycles. The second-order valence-electron chi connectivity index (χ2n) is 5.91. The predicted octanol–water partition coefficient (Wildman–Crippen LogP) is 3.58. The summed E-state index contributed by atoms with van der Waals surface area (Å²) < 4.78 is 11.5. The van der Waals surface area contributed by atoms with Crippen LogP contribution >= 0.6 is 11.6 Å². The van der Waals surface area contributed by atoms with Crippen molar-refractivity contribution in [2.45, 2.75) is 25.0 Å². The molecule has 1 aliphatic rings. The van der Waals surface area contributed by atoms with Crippen molar-refractivity contribution in [3.05, 3.63) is 35.1 Å². The fraction of sp³-hybridized carbons (Fsp3) is 0.438. The summed E-state index contributed by atoms with van der Waals surface area (Å²) in [6.45, 7) is 6.06. The van der Waals surface area contributed by atoms with Gasteiger partial charge in [-0.05, 0) is 29.0 Å². The molecule has 1 saturated heterocycles. The highest BCUT2D eigenvalue weighted by molar-refractivity contribution is 7.85. The Morgan fingerprint density at radius 2 is 2.05 bits per heavy atom. The maximum Gasteiger partial charge on any atom is 0.129 e. The summed E-state index contributed by atoms with van der Waals surface area (Å²) in [5.41, 5.74) is 2.45. The minimum Gasteiger partial charge on any atom is -0.368 e. The third-order valence-corrected chi connectivity index (χ3v) is 5.60. The van der Waals surface area contributed by atoms with Crippen molar-refractivity contribution in [1.82, 2.24) is 4.98 Å². The van der Waals surface area contributed by atoms with Crippen LogP contribution in [0.25, 0.3) is 10.8 Å². The van der Waals surface area contributed by atoms with Gasteiger partial charge in [-0.3, -0.25) is 4.21 Å². The Hall–Kier alpha value is -1.13. The summed E-state index contributed by atoms with van der Waals surface area (Å²) in [6, 6.07) is 6.28. The number of hydrogen-bond acceptors (Lipinski definition) is 3. The second kappa shape index (κ2) is 5.58. The van der Waals surface area contributed by atoms with E-state index in [-0.39, 0.29) is 5.25 Å². The molecule has 21 heavy (non-hydrogen) atoms. The molecule has 0 unspecified atom stereocenters. The minimum absolute atomic E-state index is 0.282. The summed E-state index contributed by atoms with van der Waals surface area (Å²) >= 11 is 6.07. The zero-order valence-electron chi connectivity index (χ0n) is 12.5. The van der Waals surface area contributed by atoms with Gasteiger partial charge in [0.1, 0.15) is 5.15 Å². The molecule has 1 atom stereocenters. The van der Waals surface area contributed by atoms with Crippen LogP contribution < -0.4 is 4.90 Å². The van der Waals surface area contributed by atoms with Crippen LogP contribution in [-0.4, -0.2) is 33.8 Å². The molecule has 3 nitrogen and oxygen atoms in total. The molecule has 3 rings (SSSR count). The van der Waals surface area contributed by atoms with Crippen molar-refractivity contribution >= 4 is 38.9 Å². The van der Waals surface area contributed by atoms with Crippen molar-refractivity contribution < 1.29 is 4.21 Å². The van der Waals surface area contributed by atoms with Gasteiger partial charge in [0.2, 0.25) is 0 Å². The van der Waals surface area contributed by atoms with Crippen LogP contribution in [-0.2, 0) is 10.8 Å². The van der Waals surface area contributed by atoms with Crippen LogP contribution in [0.5, 0.6) is 0 Å². The van der Waals surface area contributed by atoms with Crippen molar-refractivity contribution in [2.24, 2.45) is 0 Å². The molecule has 0 radical (unpaired) electrons. The van der Waals surface area contributed by atoms with Gasteiger partial charge >= 0.3 is 0 Å². The first-order chi connectivity index (χ1) is 9.97. The summed E-state index contributed by atoms with van der Waals surface area (Å²) in [7, 11) is -0.746. The highest BCUT2D eigenvalue weighted by atomic mass is 35.5. The van der Waals surface area contributed by atoms with E-state index in [1.807, 2.05) is 12.3 Å². The number of hydrogen-bond donors (Lipinski definition) is 0. The lowest BCUT2D eigenvalue weighted by atomic mass is 9.95. The maximum atomic E-state index is 11.5. The quantitative estimate of drug-likeness (QED) is 0.810. The van der Waals surface area contributed by atoms with E-state index in [2.05, 4.69) is 35.9 Å². The Morgan fingerprint density at radius 3 is 2.67 bits per heavy atom. The zero-order valence-corrected chi connectivity index (χ0v) is 14.0. The fourth-order valence-electron chi connectivity index (χ4n) is 2.85. The van der Waals surface area contributed by atoms with E-state index in [9.17, 15) is 4.21 Å². The predicted molar refractivity (Wildman–Crippen MR) is 90.9 cm³/mol. The Morgan fingerprint density at radius 1 is 1.33 bits per heavy atom. The number of pyridine rings is 1. The highest BCUT2D eigenvalue weighted by Crippen LogP contribution is 2.35. The number of rotatable bonds is 3. The largest absolute Gasteiger partial charge is 0.368 e. The lowest BCUT2D eigenvalue weighted by molar-refractivity contribution is 0.603. The van der Waals surface area contributed by atoms with E-state index in [4.69, 9.17) is 11.6 Å². The number of halogens is 1. The summed E-state index contributed by atoms with van der Waals surface area (Å²) in [6.07, 6.45) is 3.64. The second-order valence-corrected chi connectivity index (χ2v) is 7.96. The molecule has 0 N–H and O–H groups in total. The van der Waals surface area contributed by atoms with E-state index in [1.54, 1.807) is 6.26 Å². The van der Waals surface area contributed by atoms with Crippen LogP contribution in [0.3, 0.4) is 0 Å². The normalized spacial score (nSPS) is 17.3. The maximum absolute atomic E-state index is 11.5. The van der Waals surface area contributed by atoms with Crippen molar-refractivity contribution in [1.29, 1.82) is 0 Å². The zero-order chi connectivity index (χ0) is 15.1.